The number of hydrogen-bond donors (Lipinski definition) is 2. The van der Waals surface area contributed by atoms with Crippen LogP contribution < -0.4 is 5.32 Å². The van der Waals surface area contributed by atoms with Gasteiger partial charge in [0.15, 0.2) is 0 Å². The van der Waals surface area contributed by atoms with Gasteiger partial charge in [-0.25, -0.2) is 0 Å². The Balaban J connectivity index is 1.54. The van der Waals surface area contributed by atoms with E-state index in [4.69, 9.17) is 14.2 Å². The number of benzene rings is 1. The number of esters is 1. The molecule has 0 bridgehead atoms. The van der Waals surface area contributed by atoms with Crippen LogP contribution in [-0.4, -0.2) is 102 Å². The van der Waals surface area contributed by atoms with Crippen molar-refractivity contribution in [2.24, 2.45) is 11.8 Å². The number of fused-ring (bicyclic) bond motifs is 2. The third-order valence-electron chi connectivity index (χ3n) is 9.98. The molecule has 1 aromatic rings. The molecule has 0 aromatic heterocycles. The van der Waals surface area contributed by atoms with E-state index >= 15 is 0 Å². The van der Waals surface area contributed by atoms with Crippen molar-refractivity contribution in [1.82, 2.24) is 15.1 Å². The molecule has 7 atom stereocenters. The molecule has 4 heterocycles. The zero-order chi connectivity index (χ0) is 34.1. The Morgan fingerprint density at radius 2 is 1.75 bits per heavy atom. The van der Waals surface area contributed by atoms with Crippen molar-refractivity contribution in [2.75, 3.05) is 40.0 Å². The first-order valence-electron chi connectivity index (χ1n) is 17.6. The molecule has 11 nitrogen and oxygen atoms in total. The fourth-order valence-electron chi connectivity index (χ4n) is 7.68. The summed E-state index contributed by atoms with van der Waals surface area (Å²) in [5.74, 6) is -3.30. The molecule has 0 radical (unpaired) electrons. The van der Waals surface area contributed by atoms with Crippen molar-refractivity contribution in [3.8, 4) is 0 Å². The van der Waals surface area contributed by atoms with E-state index in [1.807, 2.05) is 48.6 Å². The summed E-state index contributed by atoms with van der Waals surface area (Å²) in [6, 6.07) is 7.59. The van der Waals surface area contributed by atoms with Gasteiger partial charge in [0.05, 0.1) is 24.7 Å². The summed E-state index contributed by atoms with van der Waals surface area (Å²) in [5, 5.41) is 12.2. The smallest absolute Gasteiger partial charge is 0.313 e. The van der Waals surface area contributed by atoms with Crippen molar-refractivity contribution in [1.29, 1.82) is 0 Å². The van der Waals surface area contributed by atoms with Crippen molar-refractivity contribution >= 4 is 23.7 Å². The normalized spacial score (nSPS) is 31.2. The van der Waals surface area contributed by atoms with Crippen molar-refractivity contribution in [3.63, 3.8) is 0 Å². The molecule has 0 aliphatic carbocycles. The van der Waals surface area contributed by atoms with E-state index in [0.29, 0.717) is 44.5 Å². The Labute approximate surface area is 283 Å². The van der Waals surface area contributed by atoms with Gasteiger partial charge in [0.1, 0.15) is 23.7 Å². The lowest BCUT2D eigenvalue weighted by Crippen LogP contribution is -2.55. The molecular formula is C37H51N3O8. The van der Waals surface area contributed by atoms with Gasteiger partial charge in [0, 0.05) is 39.8 Å². The minimum Gasteiger partial charge on any atom is -0.455 e. The summed E-state index contributed by atoms with van der Waals surface area (Å²) in [6.07, 6.45) is 12.0. The highest BCUT2D eigenvalue weighted by Gasteiger charge is 2.71. The number of aliphatic hydroxyl groups excluding tert-OH is 1. The number of rotatable bonds is 13. The Hall–Kier alpha value is -3.54. The predicted octanol–water partition coefficient (Wildman–Crippen LogP) is 3.47. The van der Waals surface area contributed by atoms with Crippen LogP contribution in [0.2, 0.25) is 0 Å². The van der Waals surface area contributed by atoms with Gasteiger partial charge in [-0.15, -0.1) is 0 Å². The van der Waals surface area contributed by atoms with Crippen LogP contribution in [0, 0.1) is 11.8 Å². The summed E-state index contributed by atoms with van der Waals surface area (Å²) in [5.41, 5.74) is -0.682. The van der Waals surface area contributed by atoms with Gasteiger partial charge >= 0.3 is 5.97 Å². The highest BCUT2D eigenvalue weighted by molar-refractivity contribution is 5.99. The van der Waals surface area contributed by atoms with Gasteiger partial charge in [-0.3, -0.25) is 19.2 Å². The van der Waals surface area contributed by atoms with Gasteiger partial charge < -0.3 is 34.4 Å². The number of allylic oxidation sites excluding steroid dienone is 1. The van der Waals surface area contributed by atoms with Crippen LogP contribution in [0.3, 0.4) is 0 Å². The second kappa shape index (κ2) is 16.7. The summed E-state index contributed by atoms with van der Waals surface area (Å²) >= 11 is 0. The quantitative estimate of drug-likeness (QED) is 0.186. The lowest BCUT2D eigenvalue weighted by Gasteiger charge is -2.35. The summed E-state index contributed by atoms with van der Waals surface area (Å²) in [6.45, 7) is 3.63. The summed E-state index contributed by atoms with van der Waals surface area (Å²) in [7, 11) is 1.52. The number of nitrogens with zero attached hydrogens (tertiary/aromatic N) is 2. The van der Waals surface area contributed by atoms with E-state index in [-0.39, 0.29) is 37.4 Å². The molecule has 0 unspecified atom stereocenters. The number of nitrogens with one attached hydrogen (secondary N) is 1. The molecule has 11 heteroatoms. The van der Waals surface area contributed by atoms with Crippen molar-refractivity contribution in [2.45, 2.75) is 94.6 Å². The molecule has 5 rings (SSSR count). The molecule has 262 valence electrons. The molecule has 2 N–H and O–H groups in total. The first-order chi connectivity index (χ1) is 23.4. The maximum absolute atomic E-state index is 14.6. The Bertz CT molecular complexity index is 1330. The number of amides is 3. The minimum absolute atomic E-state index is 0.0998. The Morgan fingerprint density at radius 3 is 2.50 bits per heavy atom. The monoisotopic (exact) mass is 665 g/mol. The van der Waals surface area contributed by atoms with Crippen LogP contribution in [0.15, 0.2) is 54.6 Å². The highest BCUT2D eigenvalue weighted by Crippen LogP contribution is 2.53. The fourth-order valence-corrected chi connectivity index (χ4v) is 7.68. The first-order valence-corrected chi connectivity index (χ1v) is 17.6. The third-order valence-corrected chi connectivity index (χ3v) is 9.98. The summed E-state index contributed by atoms with van der Waals surface area (Å²) in [4.78, 5) is 60.0. The summed E-state index contributed by atoms with van der Waals surface area (Å²) < 4.78 is 18.6. The van der Waals surface area contributed by atoms with E-state index in [0.717, 1.165) is 32.1 Å². The number of carbonyl (C=O) groups is 4. The molecule has 2 fully saturated rings. The maximum Gasteiger partial charge on any atom is 0.313 e. The van der Waals surface area contributed by atoms with Gasteiger partial charge in [-0.1, -0.05) is 87.2 Å². The first kappa shape index (κ1) is 35.8. The molecule has 3 amide bonds. The number of aliphatic hydroxyl groups is 1. The van der Waals surface area contributed by atoms with E-state index in [9.17, 15) is 24.3 Å². The standard InChI is InChI=1S/C37H51N3O8/c1-3-4-12-21-39-22-15-20-37-31(34(43)40(33(37)35(39)44)23-13-5-6-14-24-41)30-28(48-37)18-10-11-19-29(42)38-27(25-46-2)32(47-36(30)45)26-16-8-7-9-17-26/h7-10,15-18,20,27-28,30-33,41H,3-6,11-14,19,21-25H2,1-2H3,(H,38,42)/b18-10-/t27-,28-,30+,31+,32-,33-,37+/m0/s1. The van der Waals surface area contributed by atoms with E-state index in [2.05, 4.69) is 12.2 Å². The number of cyclic esters (lactones) is 1. The Kier molecular flexibility index (Phi) is 12.5. The van der Waals surface area contributed by atoms with E-state index in [1.165, 1.54) is 7.11 Å². The molecular weight excluding hydrogens is 614 g/mol. The number of hydrogen-bond acceptors (Lipinski definition) is 8. The molecule has 0 saturated carbocycles. The van der Waals surface area contributed by atoms with Crippen LogP contribution in [-0.2, 0) is 33.4 Å². The molecule has 2 saturated heterocycles. The third kappa shape index (κ3) is 7.53. The average Bonchev–Trinajstić information content (AvgIpc) is 3.47. The SMILES string of the molecule is CCCCCN1CC=C[C@@]23O[C@H]4/C=C\CCC(=O)N[C@@H](COC)[C@H](c5ccccc5)OC(=O)[C@H]4[C@@H]2C(=O)N(CCCCCCO)[C@H]3C1=O. The number of ether oxygens (including phenoxy) is 3. The zero-order valence-electron chi connectivity index (χ0n) is 28.3. The Morgan fingerprint density at radius 1 is 0.979 bits per heavy atom. The lowest BCUT2D eigenvalue weighted by molar-refractivity contribution is -0.162. The minimum atomic E-state index is -1.36. The second-order valence-electron chi connectivity index (χ2n) is 13.3. The van der Waals surface area contributed by atoms with E-state index < -0.39 is 47.7 Å². The lowest BCUT2D eigenvalue weighted by atomic mass is 9.77. The van der Waals surface area contributed by atoms with Crippen LogP contribution >= 0.6 is 0 Å². The molecule has 4 aliphatic rings. The predicted molar refractivity (Wildman–Crippen MR) is 178 cm³/mol. The van der Waals surface area contributed by atoms with Crippen LogP contribution in [0.25, 0.3) is 0 Å². The topological polar surface area (TPSA) is 135 Å². The molecule has 48 heavy (non-hydrogen) atoms. The van der Waals surface area contributed by atoms with Gasteiger partial charge in [0.25, 0.3) is 0 Å². The second-order valence-corrected chi connectivity index (χ2v) is 13.3. The van der Waals surface area contributed by atoms with Crippen LogP contribution in [0.4, 0.5) is 0 Å². The van der Waals surface area contributed by atoms with Gasteiger partial charge in [-0.05, 0) is 31.2 Å². The van der Waals surface area contributed by atoms with Crippen molar-refractivity contribution < 1.29 is 38.5 Å². The molecule has 1 aromatic carbocycles. The van der Waals surface area contributed by atoms with Crippen molar-refractivity contribution in [3.05, 3.63) is 60.2 Å². The van der Waals surface area contributed by atoms with Crippen LogP contribution in [0.1, 0.15) is 76.4 Å². The zero-order valence-corrected chi connectivity index (χ0v) is 28.3. The largest absolute Gasteiger partial charge is 0.455 e. The van der Waals surface area contributed by atoms with Gasteiger partial charge in [-0.2, -0.15) is 0 Å². The molecule has 4 aliphatic heterocycles. The highest BCUT2D eigenvalue weighted by atomic mass is 16.6. The maximum atomic E-state index is 14.6. The fraction of sp³-hybridized carbons (Fsp3) is 0.622. The number of carbonyl (C=O) groups excluding carboxylic acids is 4. The van der Waals surface area contributed by atoms with Gasteiger partial charge in [0.2, 0.25) is 17.7 Å². The number of methoxy groups -OCH3 is 1. The average molecular weight is 666 g/mol. The number of likely N-dealkylation sites (tertiary alicyclic amines) is 1. The van der Waals surface area contributed by atoms with E-state index in [1.54, 1.807) is 15.9 Å². The number of unbranched alkanes of at least 4 members (excludes halogenated alkanes) is 5. The van der Waals surface area contributed by atoms with Crippen LogP contribution in [0.5, 0.6) is 0 Å². The molecule has 1 spiro atoms.